The van der Waals surface area contributed by atoms with Crippen LogP contribution in [0.15, 0.2) is 71.9 Å². The Morgan fingerprint density at radius 3 is 2.53 bits per heavy atom. The Labute approximate surface area is 205 Å². The molecule has 0 saturated heterocycles. The number of H-pyrrole nitrogens is 1. The highest BCUT2D eigenvalue weighted by Gasteiger charge is 2.17. The summed E-state index contributed by atoms with van der Waals surface area (Å²) in [6.45, 7) is 3.13. The smallest absolute Gasteiger partial charge is 0.123 e. The maximum atomic E-state index is 6.46. The monoisotopic (exact) mass is 476 g/mol. The maximum Gasteiger partial charge on any atom is 0.123 e. The average Bonchev–Trinajstić information content (AvgIpc) is 3.18. The molecule has 1 heterocycles. The third-order valence-corrected chi connectivity index (χ3v) is 6.11. The zero-order chi connectivity index (χ0) is 23.8. The van der Waals surface area contributed by atoms with Gasteiger partial charge >= 0.3 is 0 Å². The second-order valence-corrected chi connectivity index (χ2v) is 8.39. The highest BCUT2D eigenvalue weighted by molar-refractivity contribution is 6.31. The number of aromatic amines is 1. The van der Waals surface area contributed by atoms with Gasteiger partial charge in [-0.25, -0.2) is 0 Å². The Morgan fingerprint density at radius 1 is 0.941 bits per heavy atom. The van der Waals surface area contributed by atoms with Crippen LogP contribution in [0.3, 0.4) is 0 Å². The number of fused-ring (bicyclic) bond motifs is 1. The maximum absolute atomic E-state index is 6.46. The first-order chi connectivity index (χ1) is 16.7. The van der Waals surface area contributed by atoms with E-state index in [0.29, 0.717) is 26.1 Å². The third kappa shape index (κ3) is 5.72. The number of hydrogen-bond acceptors (Lipinski definition) is 4. The van der Waals surface area contributed by atoms with Gasteiger partial charge in [0.15, 0.2) is 0 Å². The molecule has 0 aliphatic rings. The minimum Gasteiger partial charge on any atom is -0.496 e. The van der Waals surface area contributed by atoms with Crippen LogP contribution in [-0.2, 0) is 17.7 Å². The van der Waals surface area contributed by atoms with Gasteiger partial charge in [-0.15, -0.1) is 0 Å². The molecule has 1 aromatic heterocycles. The molecular formula is C28H29ClN2O3. The van der Waals surface area contributed by atoms with E-state index < -0.39 is 0 Å². The molecular weight excluding hydrogens is 448 g/mol. The molecule has 0 bridgehead atoms. The summed E-state index contributed by atoms with van der Waals surface area (Å²) in [7, 11) is 1.70. The lowest BCUT2D eigenvalue weighted by molar-refractivity contribution is 0.148. The second-order valence-electron chi connectivity index (χ2n) is 7.99. The molecule has 0 fully saturated rings. The first-order valence-electron chi connectivity index (χ1n) is 11.4. The summed E-state index contributed by atoms with van der Waals surface area (Å²) in [6.07, 6.45) is 3.84. The zero-order valence-electron chi connectivity index (χ0n) is 19.5. The second kappa shape index (κ2) is 11.6. The van der Waals surface area contributed by atoms with Crippen LogP contribution < -0.4 is 9.47 Å². The molecule has 0 aliphatic heterocycles. The molecule has 0 unspecified atom stereocenters. The molecule has 0 atom stereocenters. The van der Waals surface area contributed by atoms with Gasteiger partial charge in [-0.1, -0.05) is 53.2 Å². The number of aromatic nitrogens is 1. The molecule has 0 radical (unpaired) electrons. The van der Waals surface area contributed by atoms with Crippen LogP contribution in [0.4, 0.5) is 0 Å². The van der Waals surface area contributed by atoms with Crippen molar-refractivity contribution in [2.75, 3.05) is 20.3 Å². The number of nitrogens with one attached hydrogen (secondary N) is 1. The van der Waals surface area contributed by atoms with E-state index in [1.807, 2.05) is 54.6 Å². The van der Waals surface area contributed by atoms with Crippen LogP contribution in [-0.4, -0.2) is 31.5 Å². The van der Waals surface area contributed by atoms with E-state index in [0.717, 1.165) is 45.3 Å². The van der Waals surface area contributed by atoms with Gasteiger partial charge in [0.1, 0.15) is 18.1 Å². The summed E-state index contributed by atoms with van der Waals surface area (Å²) in [4.78, 5) is 9.05. The molecule has 176 valence electrons. The van der Waals surface area contributed by atoms with Crippen molar-refractivity contribution in [2.24, 2.45) is 5.16 Å². The molecule has 0 aliphatic carbocycles. The lowest BCUT2D eigenvalue weighted by Gasteiger charge is -2.13. The highest BCUT2D eigenvalue weighted by Crippen LogP contribution is 2.35. The minimum absolute atomic E-state index is 0.479. The van der Waals surface area contributed by atoms with Crippen LogP contribution >= 0.6 is 11.6 Å². The predicted molar refractivity (Wildman–Crippen MR) is 139 cm³/mol. The summed E-state index contributed by atoms with van der Waals surface area (Å²) in [5.74, 6) is 1.71. The van der Waals surface area contributed by atoms with Gasteiger partial charge in [0.05, 0.1) is 13.7 Å². The van der Waals surface area contributed by atoms with Crippen LogP contribution in [0.5, 0.6) is 11.5 Å². The van der Waals surface area contributed by atoms with Gasteiger partial charge in [0.25, 0.3) is 0 Å². The first-order valence-corrected chi connectivity index (χ1v) is 11.8. The fourth-order valence-corrected chi connectivity index (χ4v) is 4.31. The van der Waals surface area contributed by atoms with E-state index >= 15 is 0 Å². The first kappa shape index (κ1) is 23.7. The van der Waals surface area contributed by atoms with E-state index in [1.54, 1.807) is 13.3 Å². The number of oxime groups is 1. The number of aryl methyl sites for hydroxylation is 1. The zero-order valence-corrected chi connectivity index (χ0v) is 20.3. The molecule has 3 aromatic carbocycles. The lowest BCUT2D eigenvalue weighted by atomic mass is 9.96. The number of rotatable bonds is 11. The standard InChI is InChI=1S/C28H29ClN2O3/c1-20-23(15-18-34-30-16-8-17-33-22-10-4-3-5-11-22)28-24(19-21-9-6-7-12-25(21)29)27(32-2)14-13-26(28)31-20/h3-7,9-14,16,31H,8,15,17-19H2,1-2H3/b30-16+. The van der Waals surface area contributed by atoms with Crippen molar-refractivity contribution in [3.63, 3.8) is 0 Å². The number of ether oxygens (including phenoxy) is 2. The van der Waals surface area contributed by atoms with Gasteiger partial charge in [-0.05, 0) is 48.4 Å². The van der Waals surface area contributed by atoms with Gasteiger partial charge in [-0.3, -0.25) is 0 Å². The van der Waals surface area contributed by atoms with Crippen LogP contribution in [0.2, 0.25) is 5.02 Å². The number of benzene rings is 3. The van der Waals surface area contributed by atoms with E-state index in [-0.39, 0.29) is 0 Å². The van der Waals surface area contributed by atoms with E-state index in [2.05, 4.69) is 29.2 Å². The largest absolute Gasteiger partial charge is 0.496 e. The highest BCUT2D eigenvalue weighted by atomic mass is 35.5. The molecule has 4 rings (SSSR count). The Bertz CT molecular complexity index is 1250. The number of hydrogen-bond donors (Lipinski definition) is 1. The van der Waals surface area contributed by atoms with Crippen molar-refractivity contribution in [3.8, 4) is 11.5 Å². The molecule has 0 amide bonds. The minimum atomic E-state index is 0.479. The Hall–Kier alpha value is -3.44. The SMILES string of the molecule is COc1ccc2[nH]c(C)c(CCO/N=C/CCOc3ccccc3)c2c1Cc1ccccc1Cl. The molecule has 1 N–H and O–H groups in total. The Balaban J connectivity index is 1.42. The summed E-state index contributed by atoms with van der Waals surface area (Å²) in [5.41, 5.74) is 5.59. The van der Waals surface area contributed by atoms with Crippen molar-refractivity contribution in [1.29, 1.82) is 0 Å². The normalized spacial score (nSPS) is 11.3. The summed E-state index contributed by atoms with van der Waals surface area (Å²) in [5, 5.41) is 6.01. The predicted octanol–water partition coefficient (Wildman–Crippen LogP) is 6.74. The molecule has 34 heavy (non-hydrogen) atoms. The lowest BCUT2D eigenvalue weighted by Crippen LogP contribution is -2.00. The van der Waals surface area contributed by atoms with Gasteiger partial charge in [0, 0.05) is 52.7 Å². The van der Waals surface area contributed by atoms with Crippen LogP contribution in [0.1, 0.15) is 28.8 Å². The van der Waals surface area contributed by atoms with E-state index in [1.165, 1.54) is 10.9 Å². The Morgan fingerprint density at radius 2 is 1.74 bits per heavy atom. The average molecular weight is 477 g/mol. The van der Waals surface area contributed by atoms with E-state index in [4.69, 9.17) is 25.9 Å². The van der Waals surface area contributed by atoms with Gasteiger partial charge in [-0.2, -0.15) is 0 Å². The number of methoxy groups -OCH3 is 1. The van der Waals surface area contributed by atoms with Crippen molar-refractivity contribution in [1.82, 2.24) is 4.98 Å². The summed E-state index contributed by atoms with van der Waals surface area (Å²) >= 11 is 6.46. The van der Waals surface area contributed by atoms with Crippen molar-refractivity contribution in [3.05, 3.63) is 94.1 Å². The molecule has 4 aromatic rings. The fraction of sp³-hybridized carbons (Fsp3) is 0.250. The van der Waals surface area contributed by atoms with Crippen LogP contribution in [0.25, 0.3) is 10.9 Å². The summed E-state index contributed by atoms with van der Waals surface area (Å²) < 4.78 is 11.4. The Kier molecular flexibility index (Phi) is 8.10. The third-order valence-electron chi connectivity index (χ3n) is 5.74. The number of nitrogens with zero attached hydrogens (tertiary/aromatic N) is 1. The fourth-order valence-electron chi connectivity index (χ4n) is 4.11. The molecule has 0 saturated carbocycles. The van der Waals surface area contributed by atoms with Gasteiger partial charge in [0.2, 0.25) is 0 Å². The quantitative estimate of drug-likeness (QED) is 0.148. The molecule has 6 heteroatoms. The number of para-hydroxylation sites is 1. The molecule has 5 nitrogen and oxygen atoms in total. The van der Waals surface area contributed by atoms with E-state index in [9.17, 15) is 0 Å². The van der Waals surface area contributed by atoms with Crippen molar-refractivity contribution < 1.29 is 14.3 Å². The van der Waals surface area contributed by atoms with Gasteiger partial charge < -0.3 is 19.3 Å². The van der Waals surface area contributed by atoms with Crippen LogP contribution in [0, 0.1) is 6.92 Å². The number of halogens is 1. The van der Waals surface area contributed by atoms with Crippen molar-refractivity contribution >= 4 is 28.7 Å². The molecule has 0 spiro atoms. The topological polar surface area (TPSA) is 55.8 Å². The van der Waals surface area contributed by atoms with Crippen molar-refractivity contribution in [2.45, 2.75) is 26.2 Å². The summed E-state index contributed by atoms with van der Waals surface area (Å²) in [6, 6.07) is 21.7.